The molecule has 12 heavy (non-hydrogen) atoms. The minimum absolute atomic E-state index is 1.01. The Morgan fingerprint density at radius 2 is 2.33 bits per heavy atom. The second kappa shape index (κ2) is 4.67. The fourth-order valence-electron chi connectivity index (χ4n) is 0.808. The van der Waals surface area contributed by atoms with Crippen molar-refractivity contribution in [3.05, 3.63) is 40.2 Å². The van der Waals surface area contributed by atoms with Crippen molar-refractivity contribution < 1.29 is 0 Å². The normalized spacial score (nSPS) is 14.4. The molecule has 62 valence electrons. The van der Waals surface area contributed by atoms with Gasteiger partial charge in [-0.05, 0) is 19.1 Å². The molecule has 0 saturated carbocycles. The Morgan fingerprint density at radius 3 is 3.00 bits per heavy atom. The molecule has 1 aromatic heterocycles. The molecule has 1 aromatic rings. The van der Waals surface area contributed by atoms with Gasteiger partial charge in [-0.15, -0.1) is 11.3 Å². The van der Waals surface area contributed by atoms with Crippen molar-refractivity contribution in [2.75, 3.05) is 0 Å². The van der Waals surface area contributed by atoms with Crippen LogP contribution in [0.25, 0.3) is 12.2 Å². The summed E-state index contributed by atoms with van der Waals surface area (Å²) >= 11 is 1.62. The van der Waals surface area contributed by atoms with E-state index in [1.807, 2.05) is 36.7 Å². The largest absolute Gasteiger partial charge is 0.245 e. The smallest absolute Gasteiger partial charge is 0.0811 e. The minimum Gasteiger partial charge on any atom is -0.245 e. The van der Waals surface area contributed by atoms with E-state index in [2.05, 4.69) is 11.6 Å². The highest BCUT2D eigenvalue weighted by atomic mass is 32.1. The van der Waals surface area contributed by atoms with Crippen LogP contribution in [0, 0.1) is 0 Å². The molecular formula is C10H11NS. The van der Waals surface area contributed by atoms with E-state index in [1.54, 1.807) is 17.4 Å². The molecule has 0 atom stereocenters. The number of rotatable bonds is 2. The standard InChI is InChI=1S/C10H11NS/c1-3-5-7-9-10(6-4-2)12-8-11-9/h3-8H,2H2,1H3/b5-3-,9-7+,10-6+. The lowest BCUT2D eigenvalue weighted by atomic mass is 10.4. The second-order valence-corrected chi connectivity index (χ2v) is 3.08. The van der Waals surface area contributed by atoms with Gasteiger partial charge in [0.25, 0.3) is 0 Å². The molecule has 0 aliphatic carbocycles. The third-order valence-corrected chi connectivity index (χ3v) is 2.15. The summed E-state index contributed by atoms with van der Waals surface area (Å²) in [6.07, 6.45) is 9.70. The van der Waals surface area contributed by atoms with Gasteiger partial charge in [0.05, 0.1) is 15.4 Å². The van der Waals surface area contributed by atoms with Crippen molar-refractivity contribution in [2.24, 2.45) is 0 Å². The van der Waals surface area contributed by atoms with Gasteiger partial charge in [0, 0.05) is 0 Å². The van der Waals surface area contributed by atoms with Gasteiger partial charge >= 0.3 is 0 Å². The monoisotopic (exact) mass is 177 g/mol. The highest BCUT2D eigenvalue weighted by molar-refractivity contribution is 7.07. The van der Waals surface area contributed by atoms with Gasteiger partial charge in [0.15, 0.2) is 0 Å². The summed E-state index contributed by atoms with van der Waals surface area (Å²) in [5.74, 6) is 0. The summed E-state index contributed by atoms with van der Waals surface area (Å²) in [5.41, 5.74) is 1.84. The van der Waals surface area contributed by atoms with Crippen LogP contribution < -0.4 is 9.88 Å². The molecule has 0 aliphatic heterocycles. The van der Waals surface area contributed by atoms with Crippen molar-refractivity contribution in [3.8, 4) is 0 Å². The van der Waals surface area contributed by atoms with E-state index in [-0.39, 0.29) is 0 Å². The van der Waals surface area contributed by atoms with E-state index in [9.17, 15) is 0 Å². The quantitative estimate of drug-likeness (QED) is 0.666. The van der Waals surface area contributed by atoms with Crippen LogP contribution in [0.3, 0.4) is 0 Å². The highest BCUT2D eigenvalue weighted by Crippen LogP contribution is 1.78. The van der Waals surface area contributed by atoms with Gasteiger partial charge in [-0.3, -0.25) is 0 Å². The highest BCUT2D eigenvalue weighted by Gasteiger charge is 1.83. The van der Waals surface area contributed by atoms with Gasteiger partial charge in [0.2, 0.25) is 0 Å². The van der Waals surface area contributed by atoms with Crippen LogP contribution >= 0.6 is 11.3 Å². The molecule has 1 rings (SSSR count). The topological polar surface area (TPSA) is 12.9 Å². The molecule has 0 fully saturated rings. The van der Waals surface area contributed by atoms with Crippen molar-refractivity contribution in [2.45, 2.75) is 6.92 Å². The summed E-state index contributed by atoms with van der Waals surface area (Å²) in [5, 5.41) is 1.01. The molecule has 0 amide bonds. The Bertz CT molecular complexity index is 384. The Hall–Kier alpha value is -1.15. The van der Waals surface area contributed by atoms with E-state index in [1.165, 1.54) is 0 Å². The SMILES string of the molecule is C=C/C=c1/scn/c1=C/C=C\C. The first kappa shape index (κ1) is 8.94. The maximum Gasteiger partial charge on any atom is 0.0811 e. The number of hydrogen-bond acceptors (Lipinski definition) is 2. The lowest BCUT2D eigenvalue weighted by Crippen LogP contribution is -2.19. The van der Waals surface area contributed by atoms with Gasteiger partial charge in [-0.1, -0.05) is 24.8 Å². The molecule has 2 heteroatoms. The predicted molar refractivity (Wildman–Crippen MR) is 55.3 cm³/mol. The van der Waals surface area contributed by atoms with E-state index in [0.29, 0.717) is 0 Å². The lowest BCUT2D eigenvalue weighted by molar-refractivity contribution is 1.32. The third-order valence-electron chi connectivity index (χ3n) is 1.34. The fraction of sp³-hybridized carbons (Fsp3) is 0.100. The van der Waals surface area contributed by atoms with Crippen LogP contribution in [-0.2, 0) is 0 Å². The number of nitrogens with zero attached hydrogens (tertiary/aromatic N) is 1. The Morgan fingerprint density at radius 1 is 1.50 bits per heavy atom. The van der Waals surface area contributed by atoms with Crippen molar-refractivity contribution in [3.63, 3.8) is 0 Å². The van der Waals surface area contributed by atoms with Crippen LogP contribution in [0.4, 0.5) is 0 Å². The molecule has 0 aliphatic rings. The summed E-state index contributed by atoms with van der Waals surface area (Å²) in [7, 11) is 0. The first-order valence-electron chi connectivity index (χ1n) is 3.73. The van der Waals surface area contributed by atoms with Gasteiger partial charge in [-0.25, -0.2) is 4.98 Å². The van der Waals surface area contributed by atoms with Crippen molar-refractivity contribution >= 4 is 23.5 Å². The molecule has 0 bridgehead atoms. The van der Waals surface area contributed by atoms with E-state index >= 15 is 0 Å². The van der Waals surface area contributed by atoms with Crippen molar-refractivity contribution in [1.29, 1.82) is 0 Å². The number of allylic oxidation sites excluding steroid dienone is 3. The molecule has 0 aromatic carbocycles. The zero-order valence-corrected chi connectivity index (χ0v) is 7.84. The van der Waals surface area contributed by atoms with Crippen molar-refractivity contribution in [1.82, 2.24) is 4.98 Å². The summed E-state index contributed by atoms with van der Waals surface area (Å²) < 4.78 is 1.16. The summed E-state index contributed by atoms with van der Waals surface area (Å²) in [6, 6.07) is 0. The van der Waals surface area contributed by atoms with Crippen LogP contribution in [0.1, 0.15) is 6.92 Å². The zero-order chi connectivity index (χ0) is 8.81. The first-order valence-corrected chi connectivity index (χ1v) is 4.61. The lowest BCUT2D eigenvalue weighted by Gasteiger charge is -1.73. The van der Waals surface area contributed by atoms with E-state index < -0.39 is 0 Å². The molecule has 0 spiro atoms. The summed E-state index contributed by atoms with van der Waals surface area (Å²) in [6.45, 7) is 5.63. The number of thiazole rings is 1. The maximum atomic E-state index is 4.20. The number of aromatic nitrogens is 1. The van der Waals surface area contributed by atoms with Crippen LogP contribution in [0.2, 0.25) is 0 Å². The molecule has 0 radical (unpaired) electrons. The average molecular weight is 177 g/mol. The molecule has 1 nitrogen and oxygen atoms in total. The number of hydrogen-bond donors (Lipinski definition) is 0. The minimum atomic E-state index is 1.01. The zero-order valence-electron chi connectivity index (χ0n) is 7.03. The van der Waals surface area contributed by atoms with E-state index in [4.69, 9.17) is 0 Å². The molecular weight excluding hydrogens is 166 g/mol. The summed E-state index contributed by atoms with van der Waals surface area (Å²) in [4.78, 5) is 4.20. The van der Waals surface area contributed by atoms with Crippen LogP contribution in [-0.4, -0.2) is 4.98 Å². The average Bonchev–Trinajstić information content (AvgIpc) is 2.50. The predicted octanol–water partition coefficient (Wildman–Crippen LogP) is 1.47. The van der Waals surface area contributed by atoms with Crippen LogP contribution in [0.5, 0.6) is 0 Å². The van der Waals surface area contributed by atoms with Gasteiger partial charge < -0.3 is 0 Å². The third kappa shape index (κ3) is 2.17. The molecule has 0 N–H and O–H groups in total. The van der Waals surface area contributed by atoms with Gasteiger partial charge in [0.1, 0.15) is 0 Å². The molecule has 1 heterocycles. The van der Waals surface area contributed by atoms with Crippen LogP contribution in [0.15, 0.2) is 30.3 Å². The Kier molecular flexibility index (Phi) is 3.48. The Balaban J connectivity index is 3.24. The first-order chi connectivity index (χ1) is 5.88. The van der Waals surface area contributed by atoms with Gasteiger partial charge in [-0.2, -0.15) is 0 Å². The fourth-order valence-corrected chi connectivity index (χ4v) is 1.50. The van der Waals surface area contributed by atoms with E-state index in [0.717, 1.165) is 9.88 Å². The Labute approximate surface area is 76.1 Å². The molecule has 0 saturated heterocycles. The maximum absolute atomic E-state index is 4.20. The molecule has 0 unspecified atom stereocenters. The second-order valence-electron chi connectivity index (χ2n) is 2.20.